The zero-order valence-corrected chi connectivity index (χ0v) is 14.5. The lowest BCUT2D eigenvalue weighted by atomic mass is 10.1. The van der Waals surface area contributed by atoms with Crippen molar-refractivity contribution in [2.75, 3.05) is 0 Å². The van der Waals surface area contributed by atoms with Crippen molar-refractivity contribution in [2.45, 2.75) is 10.6 Å². The van der Waals surface area contributed by atoms with Gasteiger partial charge in [0.15, 0.2) is 0 Å². The molecule has 1 aromatic carbocycles. The predicted molar refractivity (Wildman–Crippen MR) is 90.9 cm³/mol. The summed E-state index contributed by atoms with van der Waals surface area (Å²) in [5, 5.41) is 5.91. The van der Waals surface area contributed by atoms with Crippen LogP contribution >= 0.6 is 34.5 Å². The molecular weight excluding hydrogens is 381 g/mol. The molecule has 3 rings (SSSR count). The fourth-order valence-electron chi connectivity index (χ4n) is 2.03. The minimum absolute atomic E-state index is 0.0998. The Morgan fingerprint density at radius 3 is 2.61 bits per heavy atom. The minimum atomic E-state index is -3.87. The summed E-state index contributed by atoms with van der Waals surface area (Å²) >= 11 is 12.6. The summed E-state index contributed by atoms with van der Waals surface area (Å²) in [7, 11) is -3.87. The van der Waals surface area contributed by atoms with E-state index >= 15 is 0 Å². The number of sulfonamides is 1. The zero-order valence-electron chi connectivity index (χ0n) is 11.3. The summed E-state index contributed by atoms with van der Waals surface area (Å²) in [6.07, 6.45) is 0.322. The number of aromatic amines is 1. The Morgan fingerprint density at radius 1 is 1.22 bits per heavy atom. The van der Waals surface area contributed by atoms with Crippen LogP contribution in [-0.4, -0.2) is 18.4 Å². The second-order valence-electron chi connectivity index (χ2n) is 4.76. The predicted octanol–water partition coefficient (Wildman–Crippen LogP) is 2.53. The number of nitrogens with two attached hydrogens (primary N) is 1. The smallest absolute Gasteiger partial charge is 0.268 e. The van der Waals surface area contributed by atoms with E-state index in [4.69, 9.17) is 28.3 Å². The van der Waals surface area contributed by atoms with Crippen LogP contribution in [0.2, 0.25) is 10.0 Å². The highest BCUT2D eigenvalue weighted by Gasteiger charge is 2.16. The van der Waals surface area contributed by atoms with Gasteiger partial charge in [0.05, 0.1) is 15.6 Å². The summed E-state index contributed by atoms with van der Waals surface area (Å²) in [5.41, 5.74) is 0.687. The van der Waals surface area contributed by atoms with E-state index in [-0.39, 0.29) is 14.4 Å². The lowest BCUT2D eigenvalue weighted by Crippen LogP contribution is -2.10. The zero-order chi connectivity index (χ0) is 16.8. The van der Waals surface area contributed by atoms with E-state index in [1.54, 1.807) is 18.2 Å². The van der Waals surface area contributed by atoms with Gasteiger partial charge >= 0.3 is 0 Å². The molecule has 0 bridgehead atoms. The number of rotatable bonds is 3. The van der Waals surface area contributed by atoms with Crippen LogP contribution in [0.4, 0.5) is 0 Å². The third-order valence-electron chi connectivity index (χ3n) is 3.05. The average molecular weight is 390 g/mol. The van der Waals surface area contributed by atoms with Crippen molar-refractivity contribution in [3.63, 3.8) is 0 Å². The fourth-order valence-corrected chi connectivity index (χ4v) is 4.07. The Balaban J connectivity index is 2.05. The second kappa shape index (κ2) is 5.88. The van der Waals surface area contributed by atoms with Crippen molar-refractivity contribution >= 4 is 54.8 Å². The Hall–Kier alpha value is -1.45. The van der Waals surface area contributed by atoms with Gasteiger partial charge in [-0.05, 0) is 23.8 Å². The molecule has 0 aliphatic rings. The molecule has 2 aromatic heterocycles. The molecule has 0 atom stereocenters. The topological polar surface area (TPSA) is 106 Å². The molecule has 2 heterocycles. The van der Waals surface area contributed by atoms with Crippen molar-refractivity contribution in [3.05, 3.63) is 56.1 Å². The van der Waals surface area contributed by atoms with Gasteiger partial charge in [-0.25, -0.2) is 18.5 Å². The maximum atomic E-state index is 12.1. The van der Waals surface area contributed by atoms with Crippen LogP contribution < -0.4 is 10.7 Å². The molecule has 10 heteroatoms. The highest BCUT2D eigenvalue weighted by atomic mass is 35.5. The first-order valence-corrected chi connectivity index (χ1v) is 9.35. The Kier molecular flexibility index (Phi) is 4.19. The van der Waals surface area contributed by atoms with Crippen molar-refractivity contribution in [1.82, 2.24) is 9.97 Å². The summed E-state index contributed by atoms with van der Waals surface area (Å²) in [6.45, 7) is 0. The average Bonchev–Trinajstić information content (AvgIpc) is 2.87. The quantitative estimate of drug-likeness (QED) is 0.717. The number of primary sulfonamides is 1. The van der Waals surface area contributed by atoms with Gasteiger partial charge in [0.2, 0.25) is 10.0 Å². The molecule has 0 amide bonds. The second-order valence-corrected chi connectivity index (χ2v) is 8.42. The molecule has 0 saturated carbocycles. The van der Waals surface area contributed by atoms with Gasteiger partial charge in [0, 0.05) is 6.42 Å². The molecule has 0 saturated heterocycles. The van der Waals surface area contributed by atoms with Gasteiger partial charge in [0.1, 0.15) is 14.7 Å². The lowest BCUT2D eigenvalue weighted by Gasteiger charge is -2.03. The van der Waals surface area contributed by atoms with Gasteiger partial charge in [-0.3, -0.25) is 4.79 Å². The number of fused-ring (bicyclic) bond motifs is 1. The Bertz CT molecular complexity index is 1070. The molecule has 23 heavy (non-hydrogen) atoms. The molecule has 0 spiro atoms. The third-order valence-corrected chi connectivity index (χ3v) is 6.33. The van der Waals surface area contributed by atoms with Crippen LogP contribution in [0.15, 0.2) is 33.3 Å². The number of aromatic nitrogens is 2. The normalized spacial score (nSPS) is 12.0. The van der Waals surface area contributed by atoms with E-state index in [2.05, 4.69) is 9.97 Å². The van der Waals surface area contributed by atoms with Crippen LogP contribution in [0.5, 0.6) is 0 Å². The number of halogens is 2. The van der Waals surface area contributed by atoms with Gasteiger partial charge in [0.25, 0.3) is 5.56 Å². The summed E-state index contributed by atoms with van der Waals surface area (Å²) in [4.78, 5) is 19.0. The first kappa shape index (κ1) is 16.4. The van der Waals surface area contributed by atoms with E-state index < -0.39 is 15.6 Å². The standard InChI is InChI=1S/C13H9Cl2N3O3S2/c14-7-2-1-6(3-8(7)15)4-10-17-9-5-11(23(16,20)21)22-12(9)13(19)18-10/h1-3,5H,4H2,(H2,16,20,21)(H,17,18,19). The van der Waals surface area contributed by atoms with Gasteiger partial charge in [-0.2, -0.15) is 0 Å². The van der Waals surface area contributed by atoms with E-state index in [9.17, 15) is 13.2 Å². The van der Waals surface area contributed by atoms with Crippen LogP contribution in [0.3, 0.4) is 0 Å². The third kappa shape index (κ3) is 3.41. The highest BCUT2D eigenvalue weighted by molar-refractivity contribution is 7.91. The number of nitrogens with zero attached hydrogens (tertiary/aromatic N) is 1. The monoisotopic (exact) mass is 389 g/mol. The van der Waals surface area contributed by atoms with Crippen LogP contribution in [-0.2, 0) is 16.4 Å². The van der Waals surface area contributed by atoms with Crippen LogP contribution in [0.1, 0.15) is 11.4 Å². The SMILES string of the molecule is NS(=O)(=O)c1cc2nc(Cc3ccc(Cl)c(Cl)c3)[nH]c(=O)c2s1. The first-order valence-electron chi connectivity index (χ1n) is 6.23. The molecule has 3 aromatic rings. The summed E-state index contributed by atoms with van der Waals surface area (Å²) < 4.78 is 22.9. The van der Waals surface area contributed by atoms with Crippen LogP contribution in [0, 0.1) is 0 Å². The molecule has 120 valence electrons. The minimum Gasteiger partial charge on any atom is -0.309 e. The maximum absolute atomic E-state index is 12.1. The number of hydrogen-bond acceptors (Lipinski definition) is 5. The lowest BCUT2D eigenvalue weighted by molar-refractivity contribution is 0.600. The van der Waals surface area contributed by atoms with E-state index in [0.717, 1.165) is 16.9 Å². The van der Waals surface area contributed by atoms with E-state index in [1.165, 1.54) is 6.07 Å². The molecule has 6 nitrogen and oxygen atoms in total. The van der Waals surface area contributed by atoms with Gasteiger partial charge < -0.3 is 4.98 Å². The summed E-state index contributed by atoms with van der Waals surface area (Å²) in [6, 6.07) is 6.39. The number of benzene rings is 1. The van der Waals surface area contributed by atoms with Crippen molar-refractivity contribution < 1.29 is 8.42 Å². The Labute approximate surface area is 144 Å². The molecule has 0 unspecified atom stereocenters. The fraction of sp³-hybridized carbons (Fsp3) is 0.0769. The Morgan fingerprint density at radius 2 is 1.96 bits per heavy atom. The highest BCUT2D eigenvalue weighted by Crippen LogP contribution is 2.25. The first-order chi connectivity index (χ1) is 10.7. The van der Waals surface area contributed by atoms with E-state index in [0.29, 0.717) is 22.3 Å². The van der Waals surface area contributed by atoms with E-state index in [1.807, 2.05) is 0 Å². The number of hydrogen-bond donors (Lipinski definition) is 2. The summed E-state index contributed by atoms with van der Waals surface area (Å²) in [5.74, 6) is 0.389. The van der Waals surface area contributed by atoms with Crippen molar-refractivity contribution in [3.8, 4) is 0 Å². The number of nitrogens with one attached hydrogen (secondary N) is 1. The number of thiophene rings is 1. The van der Waals surface area contributed by atoms with Crippen LogP contribution in [0.25, 0.3) is 10.2 Å². The molecule has 0 aliphatic carbocycles. The molecule has 0 aliphatic heterocycles. The maximum Gasteiger partial charge on any atom is 0.268 e. The number of H-pyrrole nitrogens is 1. The molecule has 0 fully saturated rings. The van der Waals surface area contributed by atoms with Crippen molar-refractivity contribution in [2.24, 2.45) is 5.14 Å². The van der Waals surface area contributed by atoms with Gasteiger partial charge in [-0.1, -0.05) is 29.3 Å². The largest absolute Gasteiger partial charge is 0.309 e. The molecular formula is C13H9Cl2N3O3S2. The van der Waals surface area contributed by atoms with Crippen molar-refractivity contribution in [1.29, 1.82) is 0 Å². The molecule has 0 radical (unpaired) electrons. The van der Waals surface area contributed by atoms with Gasteiger partial charge in [-0.15, -0.1) is 11.3 Å². The molecule has 3 N–H and O–H groups in total.